The molecule has 33 heavy (non-hydrogen) atoms. The Morgan fingerprint density at radius 2 is 1.58 bits per heavy atom. The average Bonchev–Trinajstić information content (AvgIpc) is 3.03. The number of aryl methyl sites for hydroxylation is 2. The van der Waals surface area contributed by atoms with E-state index in [0.29, 0.717) is 17.0 Å². The third-order valence-corrected chi connectivity index (χ3v) is 5.52. The second-order valence-electron chi connectivity index (χ2n) is 8.62. The summed E-state index contributed by atoms with van der Waals surface area (Å²) in [6.07, 6.45) is -0.0399. The molecule has 4 rings (SSSR count). The number of Topliss-reactive ketones (excluding diaryl/α,β-unsaturated/α-hetero) is 1. The van der Waals surface area contributed by atoms with Gasteiger partial charge in [-0.05, 0) is 68.7 Å². The van der Waals surface area contributed by atoms with Gasteiger partial charge in [0.1, 0.15) is 11.5 Å². The van der Waals surface area contributed by atoms with Gasteiger partial charge in [0.2, 0.25) is 0 Å². The van der Waals surface area contributed by atoms with Crippen LogP contribution in [0.3, 0.4) is 0 Å². The molecule has 1 saturated heterocycles. The lowest BCUT2D eigenvalue weighted by Crippen LogP contribution is -2.29. The van der Waals surface area contributed by atoms with Crippen molar-refractivity contribution in [2.75, 3.05) is 4.90 Å². The summed E-state index contributed by atoms with van der Waals surface area (Å²) in [7, 11) is 0. The Balaban J connectivity index is 1.91. The predicted octanol–water partition coefficient (Wildman–Crippen LogP) is 5.72. The standard InChI is InChI=1S/C28H27NO4/c1-17(2)33-23-12-8-11-21(16-23)26(30)24-25(20-9-6-5-7-10-20)29(28(32)27(24)31)22-14-18(3)13-19(4)15-22/h5-17,25,30H,1-4H3/b26-24+. The molecule has 5 nitrogen and oxygen atoms in total. The fourth-order valence-corrected chi connectivity index (χ4v) is 4.28. The van der Waals surface area contributed by atoms with Crippen LogP contribution < -0.4 is 9.64 Å². The first-order valence-corrected chi connectivity index (χ1v) is 11.0. The summed E-state index contributed by atoms with van der Waals surface area (Å²) < 4.78 is 5.75. The lowest BCUT2D eigenvalue weighted by atomic mass is 9.95. The Morgan fingerprint density at radius 3 is 2.21 bits per heavy atom. The van der Waals surface area contributed by atoms with Crippen LogP contribution >= 0.6 is 0 Å². The highest BCUT2D eigenvalue weighted by atomic mass is 16.5. The first-order chi connectivity index (χ1) is 15.8. The largest absolute Gasteiger partial charge is 0.507 e. The van der Waals surface area contributed by atoms with Crippen LogP contribution in [0.25, 0.3) is 5.76 Å². The lowest BCUT2D eigenvalue weighted by molar-refractivity contribution is -0.132. The molecule has 0 bridgehead atoms. The summed E-state index contributed by atoms with van der Waals surface area (Å²) in [5.41, 5.74) is 3.82. The van der Waals surface area contributed by atoms with Gasteiger partial charge < -0.3 is 9.84 Å². The molecule has 1 heterocycles. The van der Waals surface area contributed by atoms with Crippen LogP contribution in [0.15, 0.2) is 78.4 Å². The minimum absolute atomic E-state index is 0.0399. The van der Waals surface area contributed by atoms with Crippen molar-refractivity contribution in [1.29, 1.82) is 0 Å². The number of nitrogens with zero attached hydrogens (tertiary/aromatic N) is 1. The number of carbonyl (C=O) groups is 2. The van der Waals surface area contributed by atoms with Gasteiger partial charge in [-0.1, -0.05) is 48.5 Å². The number of anilines is 1. The minimum atomic E-state index is -0.748. The van der Waals surface area contributed by atoms with Crippen molar-refractivity contribution in [3.05, 3.63) is 101 Å². The van der Waals surface area contributed by atoms with Crippen molar-refractivity contribution in [2.45, 2.75) is 39.8 Å². The SMILES string of the molecule is Cc1cc(C)cc(N2C(=O)C(=O)/C(=C(/O)c3cccc(OC(C)C)c3)C2c2ccccc2)c1. The van der Waals surface area contributed by atoms with Crippen LogP contribution in [0.1, 0.15) is 42.1 Å². The highest BCUT2D eigenvalue weighted by molar-refractivity contribution is 6.51. The molecule has 5 heteroatoms. The second-order valence-corrected chi connectivity index (χ2v) is 8.62. The molecule has 1 atom stereocenters. The van der Waals surface area contributed by atoms with E-state index in [-0.39, 0.29) is 17.4 Å². The summed E-state index contributed by atoms with van der Waals surface area (Å²) in [5.74, 6) is -1.02. The van der Waals surface area contributed by atoms with Gasteiger partial charge >= 0.3 is 0 Å². The van der Waals surface area contributed by atoms with Crippen LogP contribution in [-0.2, 0) is 9.59 Å². The van der Waals surface area contributed by atoms with Gasteiger partial charge in [-0.15, -0.1) is 0 Å². The smallest absolute Gasteiger partial charge is 0.300 e. The predicted molar refractivity (Wildman–Crippen MR) is 129 cm³/mol. The number of ketones is 1. The summed E-state index contributed by atoms with van der Waals surface area (Å²) >= 11 is 0. The van der Waals surface area contributed by atoms with Gasteiger partial charge in [-0.25, -0.2) is 0 Å². The Morgan fingerprint density at radius 1 is 0.909 bits per heavy atom. The second kappa shape index (κ2) is 8.94. The molecule has 0 radical (unpaired) electrons. The van der Waals surface area contributed by atoms with Crippen LogP contribution in [0.2, 0.25) is 0 Å². The van der Waals surface area contributed by atoms with Crippen LogP contribution in [0.5, 0.6) is 5.75 Å². The fourth-order valence-electron chi connectivity index (χ4n) is 4.28. The highest BCUT2D eigenvalue weighted by Gasteiger charge is 2.47. The fraction of sp³-hybridized carbons (Fsp3) is 0.214. The molecule has 3 aromatic rings. The molecule has 0 spiro atoms. The van der Waals surface area contributed by atoms with Crippen LogP contribution in [0.4, 0.5) is 5.69 Å². The minimum Gasteiger partial charge on any atom is -0.507 e. The number of hydrogen-bond acceptors (Lipinski definition) is 4. The normalized spacial score (nSPS) is 17.6. The Bertz CT molecular complexity index is 1220. The summed E-state index contributed by atoms with van der Waals surface area (Å²) in [5, 5.41) is 11.3. The number of aliphatic hydroxyl groups excluding tert-OH is 1. The van der Waals surface area contributed by atoms with E-state index in [4.69, 9.17) is 4.74 Å². The van der Waals surface area contributed by atoms with E-state index < -0.39 is 17.7 Å². The zero-order chi connectivity index (χ0) is 23.7. The Hall–Kier alpha value is -3.86. The first-order valence-electron chi connectivity index (χ1n) is 11.0. The third kappa shape index (κ3) is 4.40. The van der Waals surface area contributed by atoms with Gasteiger partial charge in [0.05, 0.1) is 17.7 Å². The molecule has 1 unspecified atom stereocenters. The van der Waals surface area contributed by atoms with E-state index in [1.807, 2.05) is 76.2 Å². The number of hydrogen-bond donors (Lipinski definition) is 1. The number of rotatable bonds is 5. The van der Waals surface area contributed by atoms with Gasteiger partial charge in [0.15, 0.2) is 0 Å². The molecule has 168 valence electrons. The lowest BCUT2D eigenvalue weighted by Gasteiger charge is -2.26. The highest BCUT2D eigenvalue weighted by Crippen LogP contribution is 2.42. The first kappa shape index (κ1) is 22.3. The third-order valence-electron chi connectivity index (χ3n) is 5.52. The van der Waals surface area contributed by atoms with Crippen molar-refractivity contribution < 1.29 is 19.4 Å². The molecule has 1 aliphatic heterocycles. The van der Waals surface area contributed by atoms with Gasteiger partial charge in [-0.2, -0.15) is 0 Å². The summed E-state index contributed by atoms with van der Waals surface area (Å²) in [6.45, 7) is 7.73. The quantitative estimate of drug-likeness (QED) is 0.313. The number of benzene rings is 3. The van der Waals surface area contributed by atoms with Crippen molar-refractivity contribution in [3.8, 4) is 5.75 Å². The molecular weight excluding hydrogens is 414 g/mol. The van der Waals surface area contributed by atoms with E-state index in [9.17, 15) is 14.7 Å². The Labute approximate surface area is 193 Å². The van der Waals surface area contributed by atoms with Crippen molar-refractivity contribution in [1.82, 2.24) is 0 Å². The van der Waals surface area contributed by atoms with Gasteiger partial charge in [0.25, 0.3) is 11.7 Å². The maximum atomic E-state index is 13.3. The van der Waals surface area contributed by atoms with Crippen LogP contribution in [0, 0.1) is 13.8 Å². The van der Waals surface area contributed by atoms with Crippen molar-refractivity contribution >= 4 is 23.1 Å². The zero-order valence-electron chi connectivity index (χ0n) is 19.2. The summed E-state index contributed by atoms with van der Waals surface area (Å²) in [6, 6.07) is 21.3. The molecule has 1 fully saturated rings. The van der Waals surface area contributed by atoms with Crippen LogP contribution in [-0.4, -0.2) is 22.9 Å². The van der Waals surface area contributed by atoms with E-state index in [2.05, 4.69) is 0 Å². The molecule has 1 amide bonds. The van der Waals surface area contributed by atoms with Gasteiger partial charge in [-0.3, -0.25) is 14.5 Å². The van der Waals surface area contributed by atoms with E-state index >= 15 is 0 Å². The summed E-state index contributed by atoms with van der Waals surface area (Å²) in [4.78, 5) is 28.0. The molecule has 0 aromatic heterocycles. The monoisotopic (exact) mass is 441 g/mol. The average molecular weight is 442 g/mol. The topological polar surface area (TPSA) is 66.8 Å². The Kier molecular flexibility index (Phi) is 6.05. The molecule has 3 aromatic carbocycles. The number of ether oxygens (including phenoxy) is 1. The molecular formula is C28H27NO4. The van der Waals surface area contributed by atoms with E-state index in [0.717, 1.165) is 16.7 Å². The molecule has 1 N–H and O–H groups in total. The van der Waals surface area contributed by atoms with Crippen molar-refractivity contribution in [2.24, 2.45) is 0 Å². The van der Waals surface area contributed by atoms with E-state index in [1.165, 1.54) is 4.90 Å². The number of aliphatic hydroxyl groups is 1. The van der Waals surface area contributed by atoms with Gasteiger partial charge in [0, 0.05) is 11.3 Å². The molecule has 0 aliphatic carbocycles. The molecule has 1 aliphatic rings. The van der Waals surface area contributed by atoms with E-state index in [1.54, 1.807) is 24.3 Å². The number of amides is 1. The van der Waals surface area contributed by atoms with Crippen molar-refractivity contribution in [3.63, 3.8) is 0 Å². The zero-order valence-corrected chi connectivity index (χ0v) is 19.2. The maximum absolute atomic E-state index is 13.3. The molecule has 0 saturated carbocycles. The maximum Gasteiger partial charge on any atom is 0.300 e. The number of carbonyl (C=O) groups excluding carboxylic acids is 2.